The van der Waals surface area contributed by atoms with Crippen LogP contribution in [0.25, 0.3) is 0 Å². The Morgan fingerprint density at radius 2 is 1.77 bits per heavy atom. The highest BCUT2D eigenvalue weighted by Gasteiger charge is 2.24. The van der Waals surface area contributed by atoms with Crippen LogP contribution in [0.2, 0.25) is 0 Å². The van der Waals surface area contributed by atoms with Crippen molar-refractivity contribution in [2.45, 2.75) is 31.6 Å². The number of rotatable bonds is 4. The topological polar surface area (TPSA) is 75.4 Å². The highest BCUT2D eigenvalue weighted by Crippen LogP contribution is 2.25. The van der Waals surface area contributed by atoms with Crippen LogP contribution in [-0.2, 0) is 10.0 Å². The second-order valence-corrected chi connectivity index (χ2v) is 7.12. The molecule has 2 aromatic rings. The quantitative estimate of drug-likeness (QED) is 0.937. The van der Waals surface area contributed by atoms with Crippen LogP contribution in [0.1, 0.15) is 24.3 Å². The fraction of sp³-hybridized carbons (Fsp3) is 0.400. The molecule has 118 valence electrons. The summed E-state index contributed by atoms with van der Waals surface area (Å²) in [7, 11) is -3.68. The Labute approximate surface area is 130 Å². The number of aromatic nitrogens is 1. The first-order chi connectivity index (χ1) is 10.5. The molecular weight excluding hydrogens is 302 g/mol. The molecule has 1 N–H and O–H groups in total. The van der Waals surface area contributed by atoms with Gasteiger partial charge in [-0.1, -0.05) is 5.16 Å². The molecule has 1 saturated heterocycles. The Kier molecular flexibility index (Phi) is 3.82. The lowest BCUT2D eigenvalue weighted by Crippen LogP contribution is -2.18. The monoisotopic (exact) mass is 321 g/mol. The third-order valence-electron chi connectivity index (χ3n) is 3.83. The van der Waals surface area contributed by atoms with Crippen molar-refractivity contribution in [2.75, 3.05) is 22.7 Å². The molecule has 0 bridgehead atoms. The SMILES string of the molecule is Cc1noc(C)c1S(=O)(=O)Nc1ccc(N2CCCC2)cc1. The molecule has 7 heteroatoms. The molecule has 0 radical (unpaired) electrons. The van der Waals surface area contributed by atoms with Crippen molar-refractivity contribution in [3.05, 3.63) is 35.7 Å². The lowest BCUT2D eigenvalue weighted by Gasteiger charge is -2.18. The maximum Gasteiger partial charge on any atom is 0.267 e. The maximum absolute atomic E-state index is 12.4. The second kappa shape index (κ2) is 5.64. The fourth-order valence-corrected chi connectivity index (χ4v) is 4.17. The minimum Gasteiger partial charge on any atom is -0.372 e. The molecule has 0 atom stereocenters. The molecule has 6 nitrogen and oxygen atoms in total. The molecule has 0 unspecified atom stereocenters. The Bertz CT molecular complexity index is 740. The van der Waals surface area contributed by atoms with Gasteiger partial charge in [0.2, 0.25) is 0 Å². The molecule has 1 aliphatic heterocycles. The van der Waals surface area contributed by atoms with Gasteiger partial charge in [0.1, 0.15) is 5.69 Å². The lowest BCUT2D eigenvalue weighted by molar-refractivity contribution is 0.390. The Hall–Kier alpha value is -2.02. The molecule has 2 heterocycles. The number of nitrogens with one attached hydrogen (secondary N) is 1. The summed E-state index contributed by atoms with van der Waals surface area (Å²) in [6, 6.07) is 7.44. The molecule has 1 aromatic carbocycles. The zero-order valence-corrected chi connectivity index (χ0v) is 13.5. The number of nitrogens with zero attached hydrogens (tertiary/aromatic N) is 2. The minimum atomic E-state index is -3.68. The first-order valence-corrected chi connectivity index (χ1v) is 8.76. The highest BCUT2D eigenvalue weighted by molar-refractivity contribution is 7.92. The van der Waals surface area contributed by atoms with Gasteiger partial charge < -0.3 is 9.42 Å². The van der Waals surface area contributed by atoms with Gasteiger partial charge in [0, 0.05) is 24.5 Å². The van der Waals surface area contributed by atoms with Crippen molar-refractivity contribution in [3.8, 4) is 0 Å². The average molecular weight is 321 g/mol. The smallest absolute Gasteiger partial charge is 0.267 e. The largest absolute Gasteiger partial charge is 0.372 e. The molecule has 0 aliphatic carbocycles. The van der Waals surface area contributed by atoms with Crippen LogP contribution >= 0.6 is 0 Å². The normalized spacial score (nSPS) is 15.3. The molecule has 0 amide bonds. The van der Waals surface area contributed by atoms with E-state index in [4.69, 9.17) is 4.52 Å². The summed E-state index contributed by atoms with van der Waals surface area (Å²) < 4.78 is 32.4. The van der Waals surface area contributed by atoms with E-state index in [0.29, 0.717) is 17.1 Å². The Morgan fingerprint density at radius 1 is 1.14 bits per heavy atom. The van der Waals surface area contributed by atoms with Crippen LogP contribution in [-0.4, -0.2) is 26.7 Å². The van der Waals surface area contributed by atoms with Crippen molar-refractivity contribution in [3.63, 3.8) is 0 Å². The Balaban J connectivity index is 1.80. The third kappa shape index (κ3) is 2.81. The Morgan fingerprint density at radius 3 is 2.32 bits per heavy atom. The van der Waals surface area contributed by atoms with Gasteiger partial charge in [-0.3, -0.25) is 4.72 Å². The lowest BCUT2D eigenvalue weighted by atomic mass is 10.2. The number of benzene rings is 1. The summed E-state index contributed by atoms with van der Waals surface area (Å²) in [6.45, 7) is 5.32. The predicted molar refractivity (Wildman–Crippen MR) is 84.7 cm³/mol. The zero-order chi connectivity index (χ0) is 15.7. The number of aryl methyl sites for hydroxylation is 2. The summed E-state index contributed by atoms with van der Waals surface area (Å²) in [4.78, 5) is 2.41. The first kappa shape index (κ1) is 14.9. The van der Waals surface area contributed by atoms with Gasteiger partial charge in [-0.2, -0.15) is 0 Å². The molecular formula is C15H19N3O3S. The molecule has 3 rings (SSSR count). The standard InChI is InChI=1S/C15H19N3O3S/c1-11-15(12(2)21-16-11)22(19,20)17-13-5-7-14(8-6-13)18-9-3-4-10-18/h5-8,17H,3-4,9-10H2,1-2H3. The summed E-state index contributed by atoms with van der Waals surface area (Å²) >= 11 is 0. The average Bonchev–Trinajstić information content (AvgIpc) is 3.09. The van der Waals surface area contributed by atoms with E-state index in [1.165, 1.54) is 12.8 Å². The van der Waals surface area contributed by atoms with Crippen molar-refractivity contribution < 1.29 is 12.9 Å². The highest BCUT2D eigenvalue weighted by atomic mass is 32.2. The minimum absolute atomic E-state index is 0.108. The molecule has 1 aliphatic rings. The maximum atomic E-state index is 12.4. The van der Waals surface area contributed by atoms with Crippen molar-refractivity contribution in [2.24, 2.45) is 0 Å². The van der Waals surface area contributed by atoms with Crippen molar-refractivity contribution in [1.82, 2.24) is 5.16 Å². The van der Waals surface area contributed by atoms with Gasteiger partial charge in [0.05, 0.1) is 0 Å². The molecule has 1 aromatic heterocycles. The molecule has 0 saturated carbocycles. The number of hydrogen-bond acceptors (Lipinski definition) is 5. The molecule has 1 fully saturated rings. The van der Waals surface area contributed by atoms with Gasteiger partial charge in [-0.25, -0.2) is 8.42 Å². The van der Waals surface area contributed by atoms with E-state index in [1.807, 2.05) is 12.1 Å². The second-order valence-electron chi connectivity index (χ2n) is 5.50. The van der Waals surface area contributed by atoms with Gasteiger partial charge in [0.25, 0.3) is 10.0 Å². The van der Waals surface area contributed by atoms with Gasteiger partial charge in [0.15, 0.2) is 10.7 Å². The summed E-state index contributed by atoms with van der Waals surface area (Å²) in [5.41, 5.74) is 2.01. The predicted octanol–water partition coefficient (Wildman–Crippen LogP) is 2.69. The van der Waals surface area contributed by atoms with E-state index < -0.39 is 10.0 Å². The van der Waals surface area contributed by atoms with Crippen LogP contribution in [0.5, 0.6) is 0 Å². The number of anilines is 2. The zero-order valence-electron chi connectivity index (χ0n) is 12.7. The fourth-order valence-electron chi connectivity index (χ4n) is 2.78. The molecule has 22 heavy (non-hydrogen) atoms. The number of hydrogen-bond donors (Lipinski definition) is 1. The van der Waals surface area contributed by atoms with E-state index in [2.05, 4.69) is 14.8 Å². The van der Waals surface area contributed by atoms with E-state index in [-0.39, 0.29) is 4.90 Å². The van der Waals surface area contributed by atoms with E-state index >= 15 is 0 Å². The summed E-state index contributed by atoms with van der Waals surface area (Å²) in [6.07, 6.45) is 2.42. The van der Waals surface area contributed by atoms with E-state index in [1.54, 1.807) is 26.0 Å². The van der Waals surface area contributed by atoms with E-state index in [0.717, 1.165) is 18.8 Å². The van der Waals surface area contributed by atoms with E-state index in [9.17, 15) is 8.42 Å². The van der Waals surface area contributed by atoms with Crippen LogP contribution in [0.4, 0.5) is 11.4 Å². The first-order valence-electron chi connectivity index (χ1n) is 7.28. The van der Waals surface area contributed by atoms with Crippen LogP contribution < -0.4 is 9.62 Å². The summed E-state index contributed by atoms with van der Waals surface area (Å²) in [5.74, 6) is 0.290. The van der Waals surface area contributed by atoms with Gasteiger partial charge >= 0.3 is 0 Å². The van der Waals surface area contributed by atoms with Crippen molar-refractivity contribution in [1.29, 1.82) is 0 Å². The third-order valence-corrected chi connectivity index (χ3v) is 5.45. The van der Waals surface area contributed by atoms with Crippen LogP contribution in [0, 0.1) is 13.8 Å². The van der Waals surface area contributed by atoms with Crippen LogP contribution in [0.3, 0.4) is 0 Å². The van der Waals surface area contributed by atoms with Gasteiger partial charge in [-0.15, -0.1) is 0 Å². The van der Waals surface area contributed by atoms with Crippen molar-refractivity contribution >= 4 is 21.4 Å². The number of sulfonamides is 1. The van der Waals surface area contributed by atoms with Crippen LogP contribution in [0.15, 0.2) is 33.7 Å². The van der Waals surface area contributed by atoms with Gasteiger partial charge in [-0.05, 0) is 51.0 Å². The molecule has 0 spiro atoms. The summed E-state index contributed by atoms with van der Waals surface area (Å²) in [5, 5.41) is 3.69.